The molecule has 1 aromatic heterocycles. The van der Waals surface area contributed by atoms with Gasteiger partial charge in [0.05, 0.1) is 13.0 Å². The third-order valence-corrected chi connectivity index (χ3v) is 6.71. The molecule has 176 valence electrons. The summed E-state index contributed by atoms with van der Waals surface area (Å²) in [5.74, 6) is 1.88. The van der Waals surface area contributed by atoms with Crippen molar-refractivity contribution >= 4 is 5.97 Å². The Balaban J connectivity index is 1.55. The van der Waals surface area contributed by atoms with E-state index in [1.165, 1.54) is 70.6 Å². The fourth-order valence-electron chi connectivity index (χ4n) is 5.07. The van der Waals surface area contributed by atoms with Crippen LogP contribution in [0, 0.1) is 5.92 Å². The molecule has 6 nitrogen and oxygen atoms in total. The van der Waals surface area contributed by atoms with Gasteiger partial charge in [-0.1, -0.05) is 69.4 Å². The first-order chi connectivity index (χ1) is 14.9. The first-order valence-corrected chi connectivity index (χ1v) is 12.7. The number of nitrogens with zero attached hydrogens (tertiary/aromatic N) is 2. The highest BCUT2D eigenvalue weighted by Gasteiger charge is 2.26. The minimum atomic E-state index is -0.479. The van der Waals surface area contributed by atoms with Crippen molar-refractivity contribution in [1.82, 2.24) is 15.5 Å². The molecular formula is C25H43N3O3. The Morgan fingerprint density at radius 1 is 1.10 bits per heavy atom. The van der Waals surface area contributed by atoms with Gasteiger partial charge in [0.15, 0.2) is 5.82 Å². The third-order valence-electron chi connectivity index (χ3n) is 6.71. The Hall–Kier alpha value is -1.43. The maximum Gasteiger partial charge on any atom is 0.307 e. The summed E-state index contributed by atoms with van der Waals surface area (Å²) in [6, 6.07) is 0.559. The number of esters is 1. The number of hydrogen-bond donors (Lipinski definition) is 1. The highest BCUT2D eigenvalue weighted by molar-refractivity contribution is 5.70. The molecule has 1 aromatic rings. The smallest absolute Gasteiger partial charge is 0.307 e. The Kier molecular flexibility index (Phi) is 9.36. The van der Waals surface area contributed by atoms with Gasteiger partial charge in [-0.25, -0.2) is 0 Å². The Morgan fingerprint density at radius 2 is 1.77 bits per heavy atom. The van der Waals surface area contributed by atoms with E-state index in [1.807, 2.05) is 20.8 Å². The van der Waals surface area contributed by atoms with Crippen LogP contribution in [0.25, 0.3) is 0 Å². The van der Waals surface area contributed by atoms with Gasteiger partial charge < -0.3 is 14.6 Å². The zero-order valence-corrected chi connectivity index (χ0v) is 20.0. The molecule has 1 N–H and O–H groups in total. The molecule has 6 heteroatoms. The second-order valence-corrected chi connectivity index (χ2v) is 10.7. The summed E-state index contributed by atoms with van der Waals surface area (Å²) < 4.78 is 11.2. The number of carbonyl (C=O) groups excluding carboxylic acids is 1. The van der Waals surface area contributed by atoms with Crippen LogP contribution in [0.15, 0.2) is 4.52 Å². The van der Waals surface area contributed by atoms with E-state index in [1.54, 1.807) is 0 Å². The number of carbonyl (C=O) groups is 1. The molecule has 3 rings (SSSR count). The molecule has 0 aromatic carbocycles. The topological polar surface area (TPSA) is 77.2 Å². The van der Waals surface area contributed by atoms with E-state index in [0.717, 1.165) is 18.8 Å². The SMILES string of the molecule is CC(C)(C)OC(=O)CC(CCCC1CCCCC1)c1nc(CNC2CCCCC2)no1. The molecule has 1 heterocycles. The molecule has 2 saturated carbocycles. The monoisotopic (exact) mass is 433 g/mol. The lowest BCUT2D eigenvalue weighted by atomic mass is 9.84. The van der Waals surface area contributed by atoms with Gasteiger partial charge in [-0.15, -0.1) is 0 Å². The van der Waals surface area contributed by atoms with E-state index in [2.05, 4.69) is 15.5 Å². The lowest BCUT2D eigenvalue weighted by molar-refractivity contribution is -0.155. The average molecular weight is 434 g/mol. The minimum absolute atomic E-state index is 0.0608. The van der Waals surface area contributed by atoms with Crippen LogP contribution < -0.4 is 5.32 Å². The summed E-state index contributed by atoms with van der Waals surface area (Å²) >= 11 is 0. The second-order valence-electron chi connectivity index (χ2n) is 10.7. The lowest BCUT2D eigenvalue weighted by Crippen LogP contribution is -2.30. The van der Waals surface area contributed by atoms with E-state index < -0.39 is 5.60 Å². The minimum Gasteiger partial charge on any atom is -0.460 e. The fourth-order valence-corrected chi connectivity index (χ4v) is 5.07. The Morgan fingerprint density at radius 3 is 2.45 bits per heavy atom. The molecule has 0 spiro atoms. The highest BCUT2D eigenvalue weighted by atomic mass is 16.6. The lowest BCUT2D eigenvalue weighted by Gasteiger charge is -2.23. The van der Waals surface area contributed by atoms with E-state index in [0.29, 0.717) is 30.7 Å². The number of aromatic nitrogens is 2. The molecule has 0 aliphatic heterocycles. The summed E-state index contributed by atoms with van der Waals surface area (Å²) in [5.41, 5.74) is -0.479. The van der Waals surface area contributed by atoms with Crippen LogP contribution in [0.3, 0.4) is 0 Å². The maximum absolute atomic E-state index is 12.5. The van der Waals surface area contributed by atoms with Gasteiger partial charge in [0, 0.05) is 12.0 Å². The summed E-state index contributed by atoms with van der Waals surface area (Å²) in [6.07, 6.45) is 16.8. The van der Waals surface area contributed by atoms with Crippen LogP contribution in [0.5, 0.6) is 0 Å². The number of rotatable bonds is 10. The normalized spacial score (nSPS) is 20.0. The van der Waals surface area contributed by atoms with Gasteiger partial charge in [-0.3, -0.25) is 4.79 Å². The number of nitrogens with one attached hydrogen (secondary N) is 1. The molecule has 0 bridgehead atoms. The highest BCUT2D eigenvalue weighted by Crippen LogP contribution is 2.31. The second kappa shape index (κ2) is 12.0. The van der Waals surface area contributed by atoms with Gasteiger partial charge in [0.1, 0.15) is 5.60 Å². The van der Waals surface area contributed by atoms with Crippen LogP contribution in [0.4, 0.5) is 0 Å². The fraction of sp³-hybridized carbons (Fsp3) is 0.880. The van der Waals surface area contributed by atoms with Crippen LogP contribution >= 0.6 is 0 Å². The van der Waals surface area contributed by atoms with Crippen molar-refractivity contribution in [1.29, 1.82) is 0 Å². The van der Waals surface area contributed by atoms with Gasteiger partial charge >= 0.3 is 5.97 Å². The van der Waals surface area contributed by atoms with Crippen molar-refractivity contribution in [3.8, 4) is 0 Å². The summed E-state index contributed by atoms with van der Waals surface area (Å²) in [5, 5.41) is 7.77. The molecule has 2 aliphatic carbocycles. The largest absolute Gasteiger partial charge is 0.460 e. The van der Waals surface area contributed by atoms with Crippen LogP contribution in [0.2, 0.25) is 0 Å². The summed E-state index contributed by atoms with van der Waals surface area (Å²) in [6.45, 7) is 6.36. The Labute approximate surface area is 188 Å². The van der Waals surface area contributed by atoms with E-state index in [9.17, 15) is 4.79 Å². The van der Waals surface area contributed by atoms with Crippen molar-refractivity contribution < 1.29 is 14.1 Å². The van der Waals surface area contributed by atoms with Gasteiger partial charge in [0.2, 0.25) is 5.89 Å². The number of ether oxygens (including phenoxy) is 1. The molecule has 31 heavy (non-hydrogen) atoms. The van der Waals surface area contributed by atoms with Crippen molar-refractivity contribution in [2.45, 2.75) is 135 Å². The van der Waals surface area contributed by atoms with E-state index in [4.69, 9.17) is 9.26 Å². The molecule has 2 aliphatic rings. The molecule has 0 radical (unpaired) electrons. The molecule has 1 atom stereocenters. The predicted octanol–water partition coefficient (Wildman–Crippen LogP) is 6.06. The summed E-state index contributed by atoms with van der Waals surface area (Å²) in [4.78, 5) is 17.2. The molecule has 0 amide bonds. The molecule has 2 fully saturated rings. The predicted molar refractivity (Wildman–Crippen MR) is 122 cm³/mol. The Bertz CT molecular complexity index is 655. The van der Waals surface area contributed by atoms with E-state index in [-0.39, 0.29) is 11.9 Å². The quantitative estimate of drug-likeness (QED) is 0.452. The average Bonchev–Trinajstić information content (AvgIpc) is 3.21. The van der Waals surface area contributed by atoms with Crippen LogP contribution in [-0.4, -0.2) is 27.8 Å². The van der Waals surface area contributed by atoms with Crippen LogP contribution in [0.1, 0.15) is 128 Å². The molecule has 1 unspecified atom stereocenters. The van der Waals surface area contributed by atoms with Crippen molar-refractivity contribution in [2.24, 2.45) is 5.92 Å². The van der Waals surface area contributed by atoms with Gasteiger partial charge in [-0.05, 0) is 46.0 Å². The molecular weight excluding hydrogens is 390 g/mol. The van der Waals surface area contributed by atoms with Crippen molar-refractivity contribution in [2.75, 3.05) is 0 Å². The van der Waals surface area contributed by atoms with Crippen molar-refractivity contribution in [3.05, 3.63) is 11.7 Å². The first kappa shape index (κ1) is 24.2. The van der Waals surface area contributed by atoms with Crippen molar-refractivity contribution in [3.63, 3.8) is 0 Å². The standard InChI is InChI=1S/C25H43N3O3/c1-25(2,3)30-23(29)17-20(14-10-13-19-11-6-4-7-12-19)24-27-22(28-31-24)18-26-21-15-8-5-9-16-21/h19-21,26H,4-18H2,1-3H3. The maximum atomic E-state index is 12.5. The first-order valence-electron chi connectivity index (χ1n) is 12.7. The number of hydrogen-bond acceptors (Lipinski definition) is 6. The van der Waals surface area contributed by atoms with Gasteiger partial charge in [-0.2, -0.15) is 4.98 Å². The zero-order chi connectivity index (χ0) is 22.1. The van der Waals surface area contributed by atoms with E-state index >= 15 is 0 Å². The van der Waals surface area contributed by atoms with Crippen LogP contribution in [-0.2, 0) is 16.1 Å². The summed E-state index contributed by atoms with van der Waals surface area (Å²) in [7, 11) is 0. The molecule has 0 saturated heterocycles. The van der Waals surface area contributed by atoms with Gasteiger partial charge in [0.25, 0.3) is 0 Å². The third kappa shape index (κ3) is 8.91. The zero-order valence-electron chi connectivity index (χ0n) is 20.0.